The Bertz CT molecular complexity index is 241. The maximum Gasteiger partial charge on any atom is 0.0348 e. The lowest BCUT2D eigenvalue weighted by Crippen LogP contribution is -2.53. The Morgan fingerprint density at radius 2 is 1.50 bits per heavy atom. The molecule has 0 aliphatic heterocycles. The van der Waals surface area contributed by atoms with Crippen LogP contribution in [0.2, 0.25) is 0 Å². The molecule has 2 unspecified atom stereocenters. The lowest BCUT2D eigenvalue weighted by Gasteiger charge is -2.36. The zero-order valence-corrected chi connectivity index (χ0v) is 16.5. The second kappa shape index (κ2) is 13.3. The van der Waals surface area contributed by atoms with Crippen LogP contribution in [0.5, 0.6) is 0 Å². The minimum absolute atomic E-state index is 0.559. The molecule has 0 saturated heterocycles. The maximum absolute atomic E-state index is 3.90. The fraction of sp³-hybridized carbons (Fsp3) is 1.00. The molecule has 0 radical (unpaired) electrons. The van der Waals surface area contributed by atoms with Crippen LogP contribution in [-0.4, -0.2) is 61.7 Å². The van der Waals surface area contributed by atoms with E-state index in [1.165, 1.54) is 45.3 Å². The number of nitrogens with zero attached hydrogens (tertiary/aromatic N) is 2. The molecule has 0 aromatic heterocycles. The normalized spacial score (nSPS) is 15.0. The summed E-state index contributed by atoms with van der Waals surface area (Å²) < 4.78 is 0. The second-order valence-corrected chi connectivity index (χ2v) is 6.81. The van der Waals surface area contributed by atoms with Gasteiger partial charge in [-0.25, -0.2) is 0 Å². The molecule has 22 heavy (non-hydrogen) atoms. The van der Waals surface area contributed by atoms with E-state index in [9.17, 15) is 0 Å². The van der Waals surface area contributed by atoms with Gasteiger partial charge >= 0.3 is 0 Å². The Morgan fingerprint density at radius 3 is 1.95 bits per heavy atom. The molecule has 1 N–H and O–H groups in total. The van der Waals surface area contributed by atoms with Gasteiger partial charge in [-0.3, -0.25) is 0 Å². The van der Waals surface area contributed by atoms with E-state index in [0.29, 0.717) is 12.1 Å². The second-order valence-electron chi connectivity index (χ2n) is 6.81. The summed E-state index contributed by atoms with van der Waals surface area (Å²) in [5.41, 5.74) is 0. The van der Waals surface area contributed by atoms with E-state index in [1.54, 1.807) is 0 Å². The van der Waals surface area contributed by atoms with Crippen LogP contribution in [0.25, 0.3) is 0 Å². The lowest BCUT2D eigenvalue weighted by molar-refractivity contribution is 0.158. The van der Waals surface area contributed by atoms with Crippen molar-refractivity contribution in [3.63, 3.8) is 0 Å². The highest BCUT2D eigenvalue weighted by atomic mass is 15.2. The van der Waals surface area contributed by atoms with E-state index in [4.69, 9.17) is 0 Å². The summed E-state index contributed by atoms with van der Waals surface area (Å²) in [4.78, 5) is 5.12. The number of likely N-dealkylation sites (N-methyl/N-ethyl adjacent to an activating group) is 2. The third-order valence-electron chi connectivity index (χ3n) is 5.12. The van der Waals surface area contributed by atoms with Crippen molar-refractivity contribution in [2.45, 2.75) is 79.3 Å². The molecule has 0 spiro atoms. The molecule has 0 aliphatic carbocycles. The minimum atomic E-state index is 0.559. The topological polar surface area (TPSA) is 18.5 Å². The van der Waals surface area contributed by atoms with Gasteiger partial charge in [-0.15, -0.1) is 0 Å². The van der Waals surface area contributed by atoms with Gasteiger partial charge in [0.05, 0.1) is 0 Å². The number of rotatable bonds is 14. The first-order chi connectivity index (χ1) is 10.5. The van der Waals surface area contributed by atoms with Crippen molar-refractivity contribution in [1.82, 2.24) is 15.1 Å². The molecule has 0 rings (SSSR count). The van der Waals surface area contributed by atoms with Gasteiger partial charge in [0.2, 0.25) is 0 Å². The molecule has 0 aliphatic rings. The summed E-state index contributed by atoms with van der Waals surface area (Å²) in [6.45, 7) is 19.7. The molecular formula is C19H43N3. The third-order valence-corrected chi connectivity index (χ3v) is 5.12. The standard InChI is InChI=1S/C19H43N3/c1-8-13-21(7)17(6)19(16-22(12-5)14-9-2)20-15-18(10-3)11-4/h17-20H,8-16H2,1-7H3. The molecule has 3 heteroatoms. The van der Waals surface area contributed by atoms with Crippen LogP contribution in [0, 0.1) is 5.92 Å². The number of hydrogen-bond acceptors (Lipinski definition) is 3. The third kappa shape index (κ3) is 8.50. The molecule has 0 amide bonds. The Morgan fingerprint density at radius 1 is 0.909 bits per heavy atom. The zero-order chi connectivity index (χ0) is 17.0. The predicted molar refractivity (Wildman–Crippen MR) is 101 cm³/mol. The monoisotopic (exact) mass is 313 g/mol. The molecular weight excluding hydrogens is 270 g/mol. The molecule has 0 saturated carbocycles. The van der Waals surface area contributed by atoms with E-state index in [-0.39, 0.29) is 0 Å². The van der Waals surface area contributed by atoms with Gasteiger partial charge in [-0.2, -0.15) is 0 Å². The molecule has 134 valence electrons. The van der Waals surface area contributed by atoms with Gasteiger partial charge in [0.15, 0.2) is 0 Å². The average molecular weight is 314 g/mol. The van der Waals surface area contributed by atoms with Crippen LogP contribution in [0.3, 0.4) is 0 Å². The predicted octanol–water partition coefficient (Wildman–Crippen LogP) is 3.84. The number of hydrogen-bond donors (Lipinski definition) is 1. The quantitative estimate of drug-likeness (QED) is 0.525. The van der Waals surface area contributed by atoms with Crippen molar-refractivity contribution in [2.24, 2.45) is 5.92 Å². The summed E-state index contributed by atoms with van der Waals surface area (Å²) in [6, 6.07) is 1.14. The van der Waals surface area contributed by atoms with Gasteiger partial charge in [0, 0.05) is 18.6 Å². The van der Waals surface area contributed by atoms with Crippen molar-refractivity contribution in [3.05, 3.63) is 0 Å². The largest absolute Gasteiger partial charge is 0.311 e. The van der Waals surface area contributed by atoms with Crippen LogP contribution in [0.4, 0.5) is 0 Å². The molecule has 0 heterocycles. The number of nitrogens with one attached hydrogen (secondary N) is 1. The van der Waals surface area contributed by atoms with E-state index in [1.807, 2.05) is 0 Å². The van der Waals surface area contributed by atoms with Gasteiger partial charge in [-0.1, -0.05) is 47.5 Å². The Hall–Kier alpha value is -0.120. The molecule has 0 aromatic rings. The lowest BCUT2D eigenvalue weighted by atomic mass is 10.0. The first-order valence-electron chi connectivity index (χ1n) is 9.69. The highest BCUT2D eigenvalue weighted by molar-refractivity contribution is 4.83. The molecule has 0 fully saturated rings. The van der Waals surface area contributed by atoms with Crippen molar-refractivity contribution in [3.8, 4) is 0 Å². The molecule has 0 aromatic carbocycles. The molecule has 0 bridgehead atoms. The van der Waals surface area contributed by atoms with E-state index in [2.05, 4.69) is 63.7 Å². The van der Waals surface area contributed by atoms with Crippen LogP contribution in [0.1, 0.15) is 67.2 Å². The smallest absolute Gasteiger partial charge is 0.0348 e. The first-order valence-corrected chi connectivity index (χ1v) is 9.69. The van der Waals surface area contributed by atoms with Gasteiger partial charge in [0.1, 0.15) is 0 Å². The van der Waals surface area contributed by atoms with Gasteiger partial charge in [0.25, 0.3) is 0 Å². The van der Waals surface area contributed by atoms with E-state index < -0.39 is 0 Å². The van der Waals surface area contributed by atoms with Crippen molar-refractivity contribution in [1.29, 1.82) is 0 Å². The fourth-order valence-corrected chi connectivity index (χ4v) is 3.12. The van der Waals surface area contributed by atoms with E-state index in [0.717, 1.165) is 19.0 Å². The molecule has 3 nitrogen and oxygen atoms in total. The summed E-state index contributed by atoms with van der Waals surface area (Å²) in [5, 5.41) is 3.90. The Kier molecular flexibility index (Phi) is 13.3. The maximum atomic E-state index is 3.90. The summed E-state index contributed by atoms with van der Waals surface area (Å²) >= 11 is 0. The van der Waals surface area contributed by atoms with E-state index >= 15 is 0 Å². The Balaban J connectivity index is 4.72. The SMILES string of the molecule is CCCN(CC)CC(NCC(CC)CC)C(C)N(C)CCC. The van der Waals surface area contributed by atoms with Crippen molar-refractivity contribution >= 4 is 0 Å². The minimum Gasteiger partial charge on any atom is -0.311 e. The highest BCUT2D eigenvalue weighted by Gasteiger charge is 2.23. The first kappa shape index (κ1) is 21.9. The summed E-state index contributed by atoms with van der Waals surface area (Å²) in [5.74, 6) is 0.812. The Labute approximate surface area is 140 Å². The summed E-state index contributed by atoms with van der Waals surface area (Å²) in [7, 11) is 2.27. The fourth-order valence-electron chi connectivity index (χ4n) is 3.12. The van der Waals surface area contributed by atoms with Gasteiger partial charge in [-0.05, 0) is 58.9 Å². The van der Waals surface area contributed by atoms with Crippen LogP contribution >= 0.6 is 0 Å². The van der Waals surface area contributed by atoms with Crippen molar-refractivity contribution < 1.29 is 0 Å². The van der Waals surface area contributed by atoms with Crippen LogP contribution in [-0.2, 0) is 0 Å². The van der Waals surface area contributed by atoms with Crippen LogP contribution < -0.4 is 5.32 Å². The average Bonchev–Trinajstić information content (AvgIpc) is 2.53. The highest BCUT2D eigenvalue weighted by Crippen LogP contribution is 2.10. The van der Waals surface area contributed by atoms with Gasteiger partial charge < -0.3 is 15.1 Å². The zero-order valence-electron chi connectivity index (χ0n) is 16.5. The van der Waals surface area contributed by atoms with Crippen LogP contribution in [0.15, 0.2) is 0 Å². The van der Waals surface area contributed by atoms with Crippen molar-refractivity contribution in [2.75, 3.05) is 39.8 Å². The molecule has 2 atom stereocenters. The summed E-state index contributed by atoms with van der Waals surface area (Å²) in [6.07, 6.45) is 5.03.